The fourth-order valence-electron chi connectivity index (χ4n) is 3.16. The van der Waals surface area contributed by atoms with E-state index >= 15 is 0 Å². The third kappa shape index (κ3) is 3.46. The molecule has 3 unspecified atom stereocenters. The van der Waals surface area contributed by atoms with Crippen LogP contribution in [0.15, 0.2) is 0 Å². The number of hydrogen-bond acceptors (Lipinski definition) is 2. The second kappa shape index (κ2) is 6.02. The normalized spacial score (nSPS) is 37.5. The third-order valence-corrected chi connectivity index (χ3v) is 4.38. The first-order chi connectivity index (χ1) is 7.75. The lowest BCUT2D eigenvalue weighted by Gasteiger charge is -2.34. The SMILES string of the molecule is CC1CCC(N)C(OCC2CCCCC2)C1. The van der Waals surface area contributed by atoms with Crippen molar-refractivity contribution in [3.05, 3.63) is 0 Å². The predicted molar refractivity (Wildman–Crippen MR) is 67.3 cm³/mol. The van der Waals surface area contributed by atoms with Gasteiger partial charge in [-0.15, -0.1) is 0 Å². The minimum absolute atomic E-state index is 0.291. The molecule has 0 bridgehead atoms. The Labute approximate surface area is 99.9 Å². The lowest BCUT2D eigenvalue weighted by Crippen LogP contribution is -2.42. The average Bonchev–Trinajstić information content (AvgIpc) is 2.32. The molecular weight excluding hydrogens is 198 g/mol. The molecule has 2 heteroatoms. The highest BCUT2D eigenvalue weighted by Crippen LogP contribution is 2.28. The molecule has 2 rings (SSSR count). The summed E-state index contributed by atoms with van der Waals surface area (Å²) in [6.45, 7) is 3.29. The molecule has 0 heterocycles. The number of ether oxygens (including phenoxy) is 1. The van der Waals surface area contributed by atoms with Crippen LogP contribution in [0.3, 0.4) is 0 Å². The molecule has 2 fully saturated rings. The molecule has 0 aliphatic heterocycles. The predicted octanol–water partition coefficient (Wildman–Crippen LogP) is 3.10. The summed E-state index contributed by atoms with van der Waals surface area (Å²) in [5, 5.41) is 0. The Kier molecular flexibility index (Phi) is 4.66. The third-order valence-electron chi connectivity index (χ3n) is 4.38. The molecule has 0 radical (unpaired) electrons. The molecule has 2 saturated carbocycles. The van der Waals surface area contributed by atoms with Crippen molar-refractivity contribution < 1.29 is 4.74 Å². The number of rotatable bonds is 3. The molecule has 0 spiro atoms. The zero-order valence-electron chi connectivity index (χ0n) is 10.7. The summed E-state index contributed by atoms with van der Waals surface area (Å²) < 4.78 is 6.08. The van der Waals surface area contributed by atoms with Crippen molar-refractivity contribution in [2.45, 2.75) is 70.4 Å². The van der Waals surface area contributed by atoms with Crippen LogP contribution in [0.2, 0.25) is 0 Å². The van der Waals surface area contributed by atoms with Gasteiger partial charge in [0.05, 0.1) is 6.10 Å². The molecule has 16 heavy (non-hydrogen) atoms. The van der Waals surface area contributed by atoms with Gasteiger partial charge in [0.25, 0.3) is 0 Å². The minimum Gasteiger partial charge on any atom is -0.376 e. The molecule has 94 valence electrons. The van der Waals surface area contributed by atoms with Crippen LogP contribution in [0.5, 0.6) is 0 Å². The highest BCUT2D eigenvalue weighted by Gasteiger charge is 2.27. The first kappa shape index (κ1) is 12.4. The second-order valence-electron chi connectivity index (χ2n) is 5.96. The molecule has 2 aliphatic carbocycles. The highest BCUT2D eigenvalue weighted by atomic mass is 16.5. The van der Waals surface area contributed by atoms with Crippen molar-refractivity contribution >= 4 is 0 Å². The van der Waals surface area contributed by atoms with Gasteiger partial charge in [-0.1, -0.05) is 26.2 Å². The van der Waals surface area contributed by atoms with E-state index in [0.29, 0.717) is 12.1 Å². The fourth-order valence-corrected chi connectivity index (χ4v) is 3.16. The first-order valence-corrected chi connectivity index (χ1v) is 7.13. The van der Waals surface area contributed by atoms with Gasteiger partial charge in [0, 0.05) is 12.6 Å². The molecule has 2 N–H and O–H groups in total. The second-order valence-corrected chi connectivity index (χ2v) is 5.96. The topological polar surface area (TPSA) is 35.2 Å². The van der Waals surface area contributed by atoms with E-state index in [1.165, 1.54) is 44.9 Å². The molecule has 0 saturated heterocycles. The summed E-state index contributed by atoms with van der Waals surface area (Å²) in [7, 11) is 0. The highest BCUT2D eigenvalue weighted by molar-refractivity contribution is 4.82. The van der Waals surface area contributed by atoms with Gasteiger partial charge >= 0.3 is 0 Å². The van der Waals surface area contributed by atoms with E-state index in [1.807, 2.05) is 0 Å². The van der Waals surface area contributed by atoms with E-state index in [9.17, 15) is 0 Å². The van der Waals surface area contributed by atoms with Crippen molar-refractivity contribution in [2.24, 2.45) is 17.6 Å². The van der Waals surface area contributed by atoms with Crippen molar-refractivity contribution in [1.82, 2.24) is 0 Å². The largest absolute Gasteiger partial charge is 0.376 e. The van der Waals surface area contributed by atoms with Crippen LogP contribution >= 0.6 is 0 Å². The maximum absolute atomic E-state index is 6.13. The lowest BCUT2D eigenvalue weighted by atomic mass is 9.85. The quantitative estimate of drug-likeness (QED) is 0.801. The molecule has 2 aliphatic rings. The lowest BCUT2D eigenvalue weighted by molar-refractivity contribution is -0.0201. The summed E-state index contributed by atoms with van der Waals surface area (Å²) in [5.74, 6) is 1.62. The van der Waals surface area contributed by atoms with Crippen molar-refractivity contribution in [3.63, 3.8) is 0 Å². The van der Waals surface area contributed by atoms with Gasteiger partial charge < -0.3 is 10.5 Å². The molecule has 3 atom stereocenters. The van der Waals surface area contributed by atoms with E-state index in [4.69, 9.17) is 10.5 Å². The van der Waals surface area contributed by atoms with Crippen LogP contribution in [0, 0.1) is 11.8 Å². The van der Waals surface area contributed by atoms with Gasteiger partial charge in [-0.3, -0.25) is 0 Å². The van der Waals surface area contributed by atoms with Crippen LogP contribution in [0.1, 0.15) is 58.3 Å². The smallest absolute Gasteiger partial charge is 0.0728 e. The molecule has 0 aromatic heterocycles. The Bertz CT molecular complexity index is 201. The zero-order valence-corrected chi connectivity index (χ0v) is 10.7. The molecular formula is C14H27NO. The standard InChI is InChI=1S/C14H27NO/c1-11-7-8-13(15)14(9-11)16-10-12-5-3-2-4-6-12/h11-14H,2-10,15H2,1H3. The maximum atomic E-state index is 6.13. The summed E-state index contributed by atoms with van der Waals surface area (Å²) >= 11 is 0. The van der Waals surface area contributed by atoms with Gasteiger partial charge in [0.15, 0.2) is 0 Å². The Morgan fingerprint density at radius 1 is 1.06 bits per heavy atom. The first-order valence-electron chi connectivity index (χ1n) is 7.13. The Morgan fingerprint density at radius 3 is 2.56 bits per heavy atom. The Morgan fingerprint density at radius 2 is 1.81 bits per heavy atom. The molecule has 0 aromatic carbocycles. The average molecular weight is 225 g/mol. The van der Waals surface area contributed by atoms with E-state index in [0.717, 1.165) is 24.9 Å². The molecule has 0 amide bonds. The van der Waals surface area contributed by atoms with E-state index in [1.54, 1.807) is 0 Å². The van der Waals surface area contributed by atoms with Gasteiger partial charge in [-0.05, 0) is 43.9 Å². The van der Waals surface area contributed by atoms with Crippen molar-refractivity contribution in [3.8, 4) is 0 Å². The Balaban J connectivity index is 1.71. The van der Waals surface area contributed by atoms with Crippen LogP contribution in [0.25, 0.3) is 0 Å². The molecule has 2 nitrogen and oxygen atoms in total. The van der Waals surface area contributed by atoms with Crippen LogP contribution in [-0.4, -0.2) is 18.8 Å². The Hall–Kier alpha value is -0.0800. The summed E-state index contributed by atoms with van der Waals surface area (Å²) in [6.07, 6.45) is 10.9. The van der Waals surface area contributed by atoms with Crippen molar-refractivity contribution in [1.29, 1.82) is 0 Å². The van der Waals surface area contributed by atoms with Crippen molar-refractivity contribution in [2.75, 3.05) is 6.61 Å². The van der Waals surface area contributed by atoms with Crippen LogP contribution < -0.4 is 5.73 Å². The van der Waals surface area contributed by atoms with E-state index in [-0.39, 0.29) is 0 Å². The van der Waals surface area contributed by atoms with Gasteiger partial charge in [-0.25, -0.2) is 0 Å². The van der Waals surface area contributed by atoms with Gasteiger partial charge in [0.2, 0.25) is 0 Å². The van der Waals surface area contributed by atoms with E-state index < -0.39 is 0 Å². The van der Waals surface area contributed by atoms with Gasteiger partial charge in [-0.2, -0.15) is 0 Å². The minimum atomic E-state index is 0.291. The number of nitrogens with two attached hydrogens (primary N) is 1. The maximum Gasteiger partial charge on any atom is 0.0728 e. The summed E-state index contributed by atoms with van der Waals surface area (Å²) in [4.78, 5) is 0. The zero-order chi connectivity index (χ0) is 11.4. The molecule has 0 aromatic rings. The van der Waals surface area contributed by atoms with Crippen LogP contribution in [0.4, 0.5) is 0 Å². The van der Waals surface area contributed by atoms with Gasteiger partial charge in [0.1, 0.15) is 0 Å². The summed E-state index contributed by atoms with van der Waals surface area (Å²) in [5.41, 5.74) is 6.13. The fraction of sp³-hybridized carbons (Fsp3) is 1.00. The number of hydrogen-bond donors (Lipinski definition) is 1. The summed E-state index contributed by atoms with van der Waals surface area (Å²) in [6, 6.07) is 0.291. The van der Waals surface area contributed by atoms with E-state index in [2.05, 4.69) is 6.92 Å². The van der Waals surface area contributed by atoms with Crippen LogP contribution in [-0.2, 0) is 4.74 Å². The monoisotopic (exact) mass is 225 g/mol.